The van der Waals surface area contributed by atoms with Gasteiger partial charge in [-0.3, -0.25) is 9.78 Å². The standard InChI is InChI=1S/C20H24FN3O2/c1-15(2)24(3)12-11-23-20(25)9-7-16-6-8-19(18(21)13-16)26-17-5-4-10-22-14-17/h4-10,13-15H,11-12H2,1-3H3,(H,23,25)/b9-7+. The first-order valence-electron chi connectivity index (χ1n) is 8.49. The van der Waals surface area contributed by atoms with Gasteiger partial charge >= 0.3 is 0 Å². The van der Waals surface area contributed by atoms with Crippen molar-refractivity contribution in [2.45, 2.75) is 19.9 Å². The van der Waals surface area contributed by atoms with E-state index in [2.05, 4.69) is 29.0 Å². The van der Waals surface area contributed by atoms with E-state index in [4.69, 9.17) is 4.74 Å². The molecule has 2 aromatic rings. The Bertz CT molecular complexity index is 748. The van der Waals surface area contributed by atoms with Crippen molar-refractivity contribution in [1.82, 2.24) is 15.2 Å². The first-order chi connectivity index (χ1) is 12.5. The Kier molecular flexibility index (Phi) is 7.29. The molecule has 0 saturated heterocycles. The topological polar surface area (TPSA) is 54.5 Å². The lowest BCUT2D eigenvalue weighted by atomic mass is 10.2. The van der Waals surface area contributed by atoms with Crippen LogP contribution in [0, 0.1) is 5.82 Å². The van der Waals surface area contributed by atoms with Crippen LogP contribution in [0.4, 0.5) is 4.39 Å². The maximum absolute atomic E-state index is 14.1. The van der Waals surface area contributed by atoms with Crippen LogP contribution in [-0.2, 0) is 4.79 Å². The van der Waals surface area contributed by atoms with E-state index in [9.17, 15) is 9.18 Å². The smallest absolute Gasteiger partial charge is 0.244 e. The van der Waals surface area contributed by atoms with Gasteiger partial charge in [-0.05, 0) is 56.8 Å². The third-order valence-electron chi connectivity index (χ3n) is 3.89. The minimum absolute atomic E-state index is 0.108. The lowest BCUT2D eigenvalue weighted by Crippen LogP contribution is -2.35. The monoisotopic (exact) mass is 357 g/mol. The SMILES string of the molecule is CC(C)N(C)CCNC(=O)/C=C/c1ccc(Oc2cccnc2)c(F)c1. The number of aromatic nitrogens is 1. The minimum Gasteiger partial charge on any atom is -0.453 e. The molecule has 0 atom stereocenters. The van der Waals surface area contributed by atoms with Gasteiger partial charge in [-0.15, -0.1) is 0 Å². The summed E-state index contributed by atoms with van der Waals surface area (Å²) >= 11 is 0. The second-order valence-electron chi connectivity index (χ2n) is 6.18. The third kappa shape index (κ3) is 6.29. The number of pyridine rings is 1. The number of likely N-dealkylation sites (N-methyl/N-ethyl adjacent to an activating group) is 1. The maximum Gasteiger partial charge on any atom is 0.244 e. The van der Waals surface area contributed by atoms with Crippen LogP contribution in [-0.4, -0.2) is 42.0 Å². The number of ether oxygens (including phenoxy) is 1. The van der Waals surface area contributed by atoms with E-state index in [0.717, 1.165) is 6.54 Å². The summed E-state index contributed by atoms with van der Waals surface area (Å²) in [4.78, 5) is 17.9. The average Bonchev–Trinajstić information content (AvgIpc) is 2.62. The summed E-state index contributed by atoms with van der Waals surface area (Å²) in [7, 11) is 2.00. The molecule has 0 aliphatic rings. The van der Waals surface area contributed by atoms with Crippen molar-refractivity contribution in [3.05, 3.63) is 60.2 Å². The molecule has 0 spiro atoms. The molecule has 1 heterocycles. The normalized spacial score (nSPS) is 11.3. The Hall–Kier alpha value is -2.73. The van der Waals surface area contributed by atoms with E-state index < -0.39 is 5.82 Å². The minimum atomic E-state index is -0.505. The second kappa shape index (κ2) is 9.68. The van der Waals surface area contributed by atoms with E-state index in [-0.39, 0.29) is 11.7 Å². The van der Waals surface area contributed by atoms with Crippen LogP contribution < -0.4 is 10.1 Å². The molecule has 0 aliphatic heterocycles. The highest BCUT2D eigenvalue weighted by molar-refractivity contribution is 5.91. The number of carbonyl (C=O) groups excluding carboxylic acids is 1. The highest BCUT2D eigenvalue weighted by Crippen LogP contribution is 2.24. The first kappa shape index (κ1) is 19.6. The highest BCUT2D eigenvalue weighted by Gasteiger charge is 2.06. The lowest BCUT2D eigenvalue weighted by Gasteiger charge is -2.20. The Morgan fingerprint density at radius 1 is 1.38 bits per heavy atom. The van der Waals surface area contributed by atoms with E-state index in [1.165, 1.54) is 24.4 Å². The van der Waals surface area contributed by atoms with E-state index in [1.54, 1.807) is 30.5 Å². The van der Waals surface area contributed by atoms with Crippen molar-refractivity contribution in [1.29, 1.82) is 0 Å². The lowest BCUT2D eigenvalue weighted by molar-refractivity contribution is -0.116. The van der Waals surface area contributed by atoms with Crippen LogP contribution in [0.1, 0.15) is 19.4 Å². The fraction of sp³-hybridized carbons (Fsp3) is 0.300. The number of rotatable bonds is 8. The average molecular weight is 357 g/mol. The maximum atomic E-state index is 14.1. The number of halogens is 1. The quantitative estimate of drug-likeness (QED) is 0.735. The van der Waals surface area contributed by atoms with Crippen LogP contribution in [0.3, 0.4) is 0 Å². The Labute approximate surface area is 153 Å². The van der Waals surface area contributed by atoms with Crippen LogP contribution in [0.5, 0.6) is 11.5 Å². The largest absolute Gasteiger partial charge is 0.453 e. The van der Waals surface area contributed by atoms with Gasteiger partial charge in [-0.1, -0.05) is 6.07 Å². The molecule has 1 aromatic heterocycles. The van der Waals surface area contributed by atoms with E-state index in [1.807, 2.05) is 7.05 Å². The van der Waals surface area contributed by atoms with Gasteiger partial charge in [-0.25, -0.2) is 4.39 Å². The predicted octanol–water partition coefficient (Wildman–Crippen LogP) is 3.48. The molecule has 1 N–H and O–H groups in total. The predicted molar refractivity (Wildman–Crippen MR) is 101 cm³/mol. The number of carbonyl (C=O) groups is 1. The Morgan fingerprint density at radius 3 is 2.85 bits per heavy atom. The molecule has 1 amide bonds. The molecule has 0 saturated carbocycles. The zero-order valence-corrected chi connectivity index (χ0v) is 15.3. The molecule has 0 unspecified atom stereocenters. The summed E-state index contributed by atoms with van der Waals surface area (Å²) in [5, 5.41) is 2.80. The first-order valence-corrected chi connectivity index (χ1v) is 8.49. The van der Waals surface area contributed by atoms with E-state index in [0.29, 0.717) is 23.9 Å². The summed E-state index contributed by atoms with van der Waals surface area (Å²) in [5.74, 6) is -0.148. The summed E-state index contributed by atoms with van der Waals surface area (Å²) in [6, 6.07) is 8.37. The van der Waals surface area contributed by atoms with Crippen LogP contribution >= 0.6 is 0 Å². The van der Waals surface area contributed by atoms with Crippen molar-refractivity contribution < 1.29 is 13.9 Å². The molecule has 0 fully saturated rings. The Balaban J connectivity index is 1.88. The van der Waals surface area contributed by atoms with Gasteiger partial charge in [0.15, 0.2) is 11.6 Å². The molecular weight excluding hydrogens is 333 g/mol. The molecule has 6 heteroatoms. The molecule has 0 bridgehead atoms. The van der Waals surface area contributed by atoms with Crippen molar-refractivity contribution >= 4 is 12.0 Å². The third-order valence-corrected chi connectivity index (χ3v) is 3.89. The zero-order valence-electron chi connectivity index (χ0n) is 15.3. The van der Waals surface area contributed by atoms with Gasteiger partial charge < -0.3 is 15.0 Å². The molecule has 0 aliphatic carbocycles. The molecule has 5 nitrogen and oxygen atoms in total. The van der Waals surface area contributed by atoms with Crippen molar-refractivity contribution in [2.75, 3.05) is 20.1 Å². The van der Waals surface area contributed by atoms with Gasteiger partial charge in [-0.2, -0.15) is 0 Å². The van der Waals surface area contributed by atoms with Gasteiger partial charge in [0.1, 0.15) is 5.75 Å². The summed E-state index contributed by atoms with van der Waals surface area (Å²) in [5.41, 5.74) is 0.579. The van der Waals surface area contributed by atoms with Crippen LogP contribution in [0.15, 0.2) is 48.8 Å². The summed E-state index contributed by atoms with van der Waals surface area (Å²) in [6.07, 6.45) is 6.08. The summed E-state index contributed by atoms with van der Waals surface area (Å²) in [6.45, 7) is 5.52. The van der Waals surface area contributed by atoms with Gasteiger partial charge in [0.05, 0.1) is 6.20 Å². The number of benzene rings is 1. The molecule has 26 heavy (non-hydrogen) atoms. The van der Waals surface area contributed by atoms with Crippen molar-refractivity contribution in [3.63, 3.8) is 0 Å². The van der Waals surface area contributed by atoms with Crippen LogP contribution in [0.2, 0.25) is 0 Å². The summed E-state index contributed by atoms with van der Waals surface area (Å²) < 4.78 is 19.6. The van der Waals surface area contributed by atoms with Gasteiger partial charge in [0.2, 0.25) is 5.91 Å². The van der Waals surface area contributed by atoms with Gasteiger partial charge in [0, 0.05) is 31.4 Å². The highest BCUT2D eigenvalue weighted by atomic mass is 19.1. The number of nitrogens with zero attached hydrogens (tertiary/aromatic N) is 2. The molecule has 2 rings (SSSR count). The number of nitrogens with one attached hydrogen (secondary N) is 1. The van der Waals surface area contributed by atoms with Gasteiger partial charge in [0.25, 0.3) is 0 Å². The van der Waals surface area contributed by atoms with Crippen LogP contribution in [0.25, 0.3) is 6.08 Å². The fourth-order valence-corrected chi connectivity index (χ4v) is 2.08. The number of amides is 1. The second-order valence-corrected chi connectivity index (χ2v) is 6.18. The molecule has 1 aromatic carbocycles. The van der Waals surface area contributed by atoms with Crippen molar-refractivity contribution in [2.24, 2.45) is 0 Å². The number of hydrogen-bond donors (Lipinski definition) is 1. The van der Waals surface area contributed by atoms with E-state index >= 15 is 0 Å². The molecule has 0 radical (unpaired) electrons. The molecule has 138 valence electrons. The Morgan fingerprint density at radius 2 is 2.19 bits per heavy atom. The molecular formula is C20H24FN3O2. The van der Waals surface area contributed by atoms with Crippen molar-refractivity contribution in [3.8, 4) is 11.5 Å². The number of hydrogen-bond acceptors (Lipinski definition) is 4. The fourth-order valence-electron chi connectivity index (χ4n) is 2.08. The zero-order chi connectivity index (χ0) is 18.9.